The molecule has 2 heteroatoms. The summed E-state index contributed by atoms with van der Waals surface area (Å²) in [7, 11) is 0. The van der Waals surface area contributed by atoms with Crippen molar-refractivity contribution in [1.29, 1.82) is 0 Å². The second kappa shape index (κ2) is 4.24. The molecule has 0 fully saturated rings. The van der Waals surface area contributed by atoms with E-state index in [1.54, 1.807) is 0 Å². The van der Waals surface area contributed by atoms with E-state index in [0.717, 1.165) is 21.7 Å². The molecule has 15 heavy (non-hydrogen) atoms. The van der Waals surface area contributed by atoms with E-state index in [1.165, 1.54) is 0 Å². The van der Waals surface area contributed by atoms with E-state index >= 15 is 0 Å². The van der Waals surface area contributed by atoms with Crippen molar-refractivity contribution in [3.05, 3.63) is 65.7 Å². The summed E-state index contributed by atoms with van der Waals surface area (Å²) in [6.07, 6.45) is 0. The topological polar surface area (TPSA) is 26.0 Å². The lowest BCUT2D eigenvalue weighted by Crippen LogP contribution is -1.99. The van der Waals surface area contributed by atoms with Crippen LogP contribution in [0.2, 0.25) is 0 Å². The predicted octanol–water partition coefficient (Wildman–Crippen LogP) is 3.04. The van der Waals surface area contributed by atoms with Crippen LogP contribution in [-0.4, -0.2) is 4.86 Å². The van der Waals surface area contributed by atoms with E-state index in [-0.39, 0.29) is 0 Å². The highest BCUT2D eigenvalue weighted by atomic mass is 32.1. The minimum Gasteiger partial charge on any atom is -0.399 e. The molecule has 2 rings (SSSR count). The average Bonchev–Trinajstić information content (AvgIpc) is 2.29. The zero-order chi connectivity index (χ0) is 10.7. The van der Waals surface area contributed by atoms with E-state index in [1.807, 2.05) is 54.6 Å². The van der Waals surface area contributed by atoms with Crippen LogP contribution in [0.25, 0.3) is 0 Å². The molecule has 74 valence electrons. The number of nitrogen functional groups attached to an aromatic ring is 1. The van der Waals surface area contributed by atoms with Gasteiger partial charge in [0, 0.05) is 5.69 Å². The summed E-state index contributed by atoms with van der Waals surface area (Å²) in [6.45, 7) is 0. The summed E-state index contributed by atoms with van der Waals surface area (Å²) in [5, 5.41) is 0. The van der Waals surface area contributed by atoms with E-state index in [2.05, 4.69) is 0 Å². The van der Waals surface area contributed by atoms with Gasteiger partial charge < -0.3 is 5.73 Å². The summed E-state index contributed by atoms with van der Waals surface area (Å²) in [5.74, 6) is 0. The van der Waals surface area contributed by atoms with Gasteiger partial charge in [-0.3, -0.25) is 0 Å². The van der Waals surface area contributed by atoms with Gasteiger partial charge in [0.15, 0.2) is 0 Å². The molecule has 0 heterocycles. The molecule has 0 saturated carbocycles. The SMILES string of the molecule is Nc1cccc(C(=S)c2ccccc2)c1. The lowest BCUT2D eigenvalue weighted by atomic mass is 10.0. The summed E-state index contributed by atoms with van der Waals surface area (Å²) >= 11 is 5.39. The molecular formula is C13H11NS. The molecule has 0 atom stereocenters. The lowest BCUT2D eigenvalue weighted by molar-refractivity contribution is 1.61. The second-order valence-corrected chi connectivity index (χ2v) is 3.73. The van der Waals surface area contributed by atoms with Gasteiger partial charge in [0.05, 0.1) is 4.86 Å². The van der Waals surface area contributed by atoms with Crippen molar-refractivity contribution >= 4 is 22.8 Å². The first-order chi connectivity index (χ1) is 7.27. The number of anilines is 1. The Bertz CT molecular complexity index is 477. The summed E-state index contributed by atoms with van der Waals surface area (Å²) in [4.78, 5) is 0.836. The maximum absolute atomic E-state index is 5.71. The highest BCUT2D eigenvalue weighted by molar-refractivity contribution is 7.81. The largest absolute Gasteiger partial charge is 0.399 e. The van der Waals surface area contributed by atoms with Crippen molar-refractivity contribution in [1.82, 2.24) is 0 Å². The number of nitrogens with two attached hydrogens (primary N) is 1. The molecule has 0 radical (unpaired) electrons. The number of hydrogen-bond acceptors (Lipinski definition) is 2. The van der Waals surface area contributed by atoms with Gasteiger partial charge in [0.2, 0.25) is 0 Å². The van der Waals surface area contributed by atoms with Gasteiger partial charge in [-0.15, -0.1) is 0 Å². The molecule has 0 saturated heterocycles. The molecule has 2 aromatic rings. The number of rotatable bonds is 2. The third-order valence-corrected chi connectivity index (χ3v) is 2.66. The highest BCUT2D eigenvalue weighted by Gasteiger charge is 2.03. The quantitative estimate of drug-likeness (QED) is 0.471. The van der Waals surface area contributed by atoms with Crippen LogP contribution in [0.5, 0.6) is 0 Å². The predicted molar refractivity (Wildman–Crippen MR) is 68.1 cm³/mol. The van der Waals surface area contributed by atoms with Crippen LogP contribution in [-0.2, 0) is 0 Å². The zero-order valence-electron chi connectivity index (χ0n) is 8.18. The first kappa shape index (κ1) is 9.87. The molecular weight excluding hydrogens is 202 g/mol. The second-order valence-electron chi connectivity index (χ2n) is 3.32. The van der Waals surface area contributed by atoms with Crippen molar-refractivity contribution in [3.63, 3.8) is 0 Å². The van der Waals surface area contributed by atoms with Gasteiger partial charge in [0.25, 0.3) is 0 Å². The first-order valence-electron chi connectivity index (χ1n) is 4.72. The van der Waals surface area contributed by atoms with E-state index in [0.29, 0.717) is 0 Å². The van der Waals surface area contributed by atoms with E-state index in [4.69, 9.17) is 18.0 Å². The van der Waals surface area contributed by atoms with Crippen LogP contribution in [0.1, 0.15) is 11.1 Å². The Kier molecular flexibility index (Phi) is 2.79. The number of hydrogen-bond donors (Lipinski definition) is 1. The minimum atomic E-state index is 0.741. The van der Waals surface area contributed by atoms with Crippen molar-refractivity contribution in [2.24, 2.45) is 0 Å². The molecule has 0 aliphatic carbocycles. The third-order valence-electron chi connectivity index (χ3n) is 2.18. The van der Waals surface area contributed by atoms with Gasteiger partial charge in [-0.1, -0.05) is 54.7 Å². The zero-order valence-corrected chi connectivity index (χ0v) is 9.00. The minimum absolute atomic E-state index is 0.741. The van der Waals surface area contributed by atoms with Gasteiger partial charge in [-0.25, -0.2) is 0 Å². The lowest BCUT2D eigenvalue weighted by Gasteiger charge is -2.04. The molecule has 2 aromatic carbocycles. The molecule has 0 bridgehead atoms. The highest BCUT2D eigenvalue weighted by Crippen LogP contribution is 2.13. The molecule has 1 nitrogen and oxygen atoms in total. The smallest absolute Gasteiger partial charge is 0.0522 e. The van der Waals surface area contributed by atoms with Crippen LogP contribution < -0.4 is 5.73 Å². The fourth-order valence-corrected chi connectivity index (χ4v) is 1.70. The van der Waals surface area contributed by atoms with Crippen LogP contribution in [0.4, 0.5) is 5.69 Å². The number of thiocarbonyl (C=S) groups is 1. The maximum Gasteiger partial charge on any atom is 0.0522 e. The average molecular weight is 213 g/mol. The Morgan fingerprint density at radius 1 is 0.867 bits per heavy atom. The Morgan fingerprint density at radius 3 is 2.20 bits per heavy atom. The Hall–Kier alpha value is -1.67. The summed E-state index contributed by atoms with van der Waals surface area (Å²) in [6, 6.07) is 17.6. The van der Waals surface area contributed by atoms with Crippen molar-refractivity contribution in [2.75, 3.05) is 5.73 Å². The normalized spacial score (nSPS) is 9.87. The Labute approximate surface area is 94.6 Å². The third kappa shape index (κ3) is 2.22. The van der Waals surface area contributed by atoms with Gasteiger partial charge in [0.1, 0.15) is 0 Å². The van der Waals surface area contributed by atoms with E-state index < -0.39 is 0 Å². The molecule has 0 spiro atoms. The van der Waals surface area contributed by atoms with Crippen molar-refractivity contribution < 1.29 is 0 Å². The summed E-state index contributed by atoms with van der Waals surface area (Å²) in [5.41, 5.74) is 8.51. The monoisotopic (exact) mass is 213 g/mol. The fourth-order valence-electron chi connectivity index (χ4n) is 1.44. The molecule has 2 N–H and O–H groups in total. The van der Waals surface area contributed by atoms with E-state index in [9.17, 15) is 0 Å². The Balaban J connectivity index is 2.37. The molecule has 0 aliphatic rings. The van der Waals surface area contributed by atoms with Gasteiger partial charge in [-0.2, -0.15) is 0 Å². The molecule has 0 aliphatic heterocycles. The standard InChI is InChI=1S/C13H11NS/c14-12-8-4-7-11(9-12)13(15)10-5-2-1-3-6-10/h1-9H,14H2. The van der Waals surface area contributed by atoms with Gasteiger partial charge in [-0.05, 0) is 23.3 Å². The van der Waals surface area contributed by atoms with Crippen molar-refractivity contribution in [2.45, 2.75) is 0 Å². The van der Waals surface area contributed by atoms with Crippen LogP contribution >= 0.6 is 12.2 Å². The summed E-state index contributed by atoms with van der Waals surface area (Å²) < 4.78 is 0. The van der Waals surface area contributed by atoms with Gasteiger partial charge >= 0.3 is 0 Å². The fraction of sp³-hybridized carbons (Fsp3) is 0. The molecule has 0 aromatic heterocycles. The maximum atomic E-state index is 5.71. The number of benzene rings is 2. The first-order valence-corrected chi connectivity index (χ1v) is 5.13. The molecule has 0 unspecified atom stereocenters. The Morgan fingerprint density at radius 2 is 1.53 bits per heavy atom. The van der Waals surface area contributed by atoms with Crippen LogP contribution in [0.15, 0.2) is 54.6 Å². The van der Waals surface area contributed by atoms with Crippen LogP contribution in [0, 0.1) is 0 Å². The van der Waals surface area contributed by atoms with Crippen LogP contribution in [0.3, 0.4) is 0 Å². The molecule has 0 amide bonds. The van der Waals surface area contributed by atoms with Crippen molar-refractivity contribution in [3.8, 4) is 0 Å².